The van der Waals surface area contributed by atoms with Gasteiger partial charge in [-0.1, -0.05) is 34.1 Å². The lowest BCUT2D eigenvalue weighted by atomic mass is 9.84. The standard InChI is InChI=1S/C15H32N2/c1-6-9-15(4,11-16-14-7-8-14)12-17(5)10-13(2)3/h13-14,16H,6-12H2,1-5H3. The van der Waals surface area contributed by atoms with E-state index in [1.807, 2.05) is 0 Å². The highest BCUT2D eigenvalue weighted by molar-refractivity contribution is 4.86. The molecule has 0 heterocycles. The molecule has 1 saturated carbocycles. The molecule has 0 spiro atoms. The van der Waals surface area contributed by atoms with Gasteiger partial charge in [0.15, 0.2) is 0 Å². The Kier molecular flexibility index (Phi) is 5.94. The normalized spacial score (nSPS) is 19.9. The van der Waals surface area contributed by atoms with Crippen molar-refractivity contribution in [1.29, 1.82) is 0 Å². The minimum atomic E-state index is 0.445. The predicted molar refractivity (Wildman–Crippen MR) is 76.4 cm³/mol. The second-order valence-corrected chi connectivity index (χ2v) is 6.81. The third-order valence-electron chi connectivity index (χ3n) is 3.58. The minimum absolute atomic E-state index is 0.445. The average molecular weight is 240 g/mol. The molecule has 102 valence electrons. The molecular weight excluding hydrogens is 208 g/mol. The van der Waals surface area contributed by atoms with Crippen LogP contribution >= 0.6 is 0 Å². The van der Waals surface area contributed by atoms with Crippen LogP contribution in [0, 0.1) is 11.3 Å². The molecule has 0 aromatic carbocycles. The highest BCUT2D eigenvalue weighted by atomic mass is 15.1. The van der Waals surface area contributed by atoms with Crippen LogP contribution < -0.4 is 5.32 Å². The van der Waals surface area contributed by atoms with E-state index >= 15 is 0 Å². The van der Waals surface area contributed by atoms with Gasteiger partial charge in [0.2, 0.25) is 0 Å². The molecule has 0 radical (unpaired) electrons. The molecular formula is C15H32N2. The molecule has 2 nitrogen and oxygen atoms in total. The van der Waals surface area contributed by atoms with E-state index in [1.165, 1.54) is 45.3 Å². The molecule has 1 aliphatic rings. The Bertz CT molecular complexity index is 211. The lowest BCUT2D eigenvalue weighted by Crippen LogP contribution is -2.42. The van der Waals surface area contributed by atoms with Gasteiger partial charge in [-0.25, -0.2) is 0 Å². The summed E-state index contributed by atoms with van der Waals surface area (Å²) in [6.45, 7) is 13.0. The first-order valence-electron chi connectivity index (χ1n) is 7.37. The van der Waals surface area contributed by atoms with Gasteiger partial charge < -0.3 is 10.2 Å². The molecule has 0 aromatic rings. The van der Waals surface area contributed by atoms with Crippen LogP contribution in [-0.2, 0) is 0 Å². The van der Waals surface area contributed by atoms with Gasteiger partial charge in [-0.15, -0.1) is 0 Å². The summed E-state index contributed by atoms with van der Waals surface area (Å²) in [7, 11) is 2.27. The molecule has 1 unspecified atom stereocenters. The van der Waals surface area contributed by atoms with Crippen molar-refractivity contribution in [2.24, 2.45) is 11.3 Å². The van der Waals surface area contributed by atoms with Crippen LogP contribution in [0.2, 0.25) is 0 Å². The van der Waals surface area contributed by atoms with E-state index in [0.29, 0.717) is 5.41 Å². The average Bonchev–Trinajstić information content (AvgIpc) is 2.96. The van der Waals surface area contributed by atoms with Crippen molar-refractivity contribution >= 4 is 0 Å². The molecule has 1 N–H and O–H groups in total. The van der Waals surface area contributed by atoms with E-state index in [4.69, 9.17) is 0 Å². The van der Waals surface area contributed by atoms with E-state index in [1.54, 1.807) is 0 Å². The number of nitrogens with one attached hydrogen (secondary N) is 1. The van der Waals surface area contributed by atoms with Crippen LogP contribution in [-0.4, -0.2) is 37.6 Å². The number of rotatable bonds is 9. The fraction of sp³-hybridized carbons (Fsp3) is 1.00. The lowest BCUT2D eigenvalue weighted by Gasteiger charge is -2.35. The molecule has 0 bridgehead atoms. The molecule has 0 amide bonds. The maximum atomic E-state index is 3.71. The van der Waals surface area contributed by atoms with Crippen molar-refractivity contribution in [3.63, 3.8) is 0 Å². The first-order valence-corrected chi connectivity index (χ1v) is 7.37. The highest BCUT2D eigenvalue weighted by Crippen LogP contribution is 2.26. The molecule has 17 heavy (non-hydrogen) atoms. The summed E-state index contributed by atoms with van der Waals surface area (Å²) < 4.78 is 0. The summed E-state index contributed by atoms with van der Waals surface area (Å²) in [5, 5.41) is 3.71. The van der Waals surface area contributed by atoms with Gasteiger partial charge in [0.25, 0.3) is 0 Å². The molecule has 0 saturated heterocycles. The highest BCUT2D eigenvalue weighted by Gasteiger charge is 2.29. The van der Waals surface area contributed by atoms with Gasteiger partial charge in [-0.3, -0.25) is 0 Å². The lowest BCUT2D eigenvalue weighted by molar-refractivity contribution is 0.161. The molecule has 1 aliphatic carbocycles. The number of nitrogens with zero attached hydrogens (tertiary/aromatic N) is 1. The summed E-state index contributed by atoms with van der Waals surface area (Å²) in [5.74, 6) is 0.766. The molecule has 1 atom stereocenters. The van der Waals surface area contributed by atoms with Crippen LogP contribution in [0.25, 0.3) is 0 Å². The summed E-state index contributed by atoms with van der Waals surface area (Å²) in [4.78, 5) is 2.51. The maximum Gasteiger partial charge on any atom is 0.00684 e. The fourth-order valence-corrected chi connectivity index (χ4v) is 2.84. The molecule has 1 rings (SSSR count). The van der Waals surface area contributed by atoms with Crippen molar-refractivity contribution in [2.75, 3.05) is 26.7 Å². The first kappa shape index (κ1) is 15.0. The van der Waals surface area contributed by atoms with E-state index < -0.39 is 0 Å². The van der Waals surface area contributed by atoms with Crippen molar-refractivity contribution in [3.8, 4) is 0 Å². The van der Waals surface area contributed by atoms with Crippen molar-refractivity contribution in [3.05, 3.63) is 0 Å². The Balaban J connectivity index is 2.37. The largest absolute Gasteiger partial charge is 0.313 e. The van der Waals surface area contributed by atoms with E-state index in [2.05, 4.69) is 45.0 Å². The van der Waals surface area contributed by atoms with Gasteiger partial charge in [-0.05, 0) is 37.6 Å². The Morgan fingerprint density at radius 1 is 1.35 bits per heavy atom. The van der Waals surface area contributed by atoms with E-state index in [9.17, 15) is 0 Å². The summed E-state index contributed by atoms with van der Waals surface area (Å²) in [5.41, 5.74) is 0.445. The van der Waals surface area contributed by atoms with Crippen molar-refractivity contribution in [2.45, 2.75) is 59.4 Å². The number of hydrogen-bond donors (Lipinski definition) is 1. The summed E-state index contributed by atoms with van der Waals surface area (Å²) in [6.07, 6.45) is 5.40. The summed E-state index contributed by atoms with van der Waals surface area (Å²) in [6, 6.07) is 0.835. The third kappa shape index (κ3) is 6.42. The zero-order valence-corrected chi connectivity index (χ0v) is 12.6. The molecule has 0 aliphatic heterocycles. The number of hydrogen-bond acceptors (Lipinski definition) is 2. The second-order valence-electron chi connectivity index (χ2n) is 6.81. The van der Waals surface area contributed by atoms with Crippen molar-refractivity contribution < 1.29 is 0 Å². The Hall–Kier alpha value is -0.0800. The molecule has 0 aromatic heterocycles. The van der Waals surface area contributed by atoms with E-state index in [-0.39, 0.29) is 0 Å². The van der Waals surface area contributed by atoms with Crippen LogP contribution in [0.4, 0.5) is 0 Å². The smallest absolute Gasteiger partial charge is 0.00684 e. The quantitative estimate of drug-likeness (QED) is 0.666. The predicted octanol–water partition coefficient (Wildman–Crippen LogP) is 3.13. The van der Waals surface area contributed by atoms with Gasteiger partial charge in [0.1, 0.15) is 0 Å². The maximum absolute atomic E-state index is 3.71. The molecule has 2 heteroatoms. The minimum Gasteiger partial charge on any atom is -0.313 e. The van der Waals surface area contributed by atoms with Gasteiger partial charge in [-0.2, -0.15) is 0 Å². The Morgan fingerprint density at radius 2 is 2.00 bits per heavy atom. The Labute approximate surface area is 108 Å². The van der Waals surface area contributed by atoms with Crippen LogP contribution in [0.15, 0.2) is 0 Å². The second kappa shape index (κ2) is 6.75. The van der Waals surface area contributed by atoms with Gasteiger partial charge >= 0.3 is 0 Å². The van der Waals surface area contributed by atoms with Crippen LogP contribution in [0.1, 0.15) is 53.4 Å². The van der Waals surface area contributed by atoms with Crippen molar-refractivity contribution in [1.82, 2.24) is 10.2 Å². The third-order valence-corrected chi connectivity index (χ3v) is 3.58. The SMILES string of the molecule is CCCC(C)(CNC1CC1)CN(C)CC(C)C. The van der Waals surface area contributed by atoms with Gasteiger partial charge in [0.05, 0.1) is 0 Å². The summed E-state index contributed by atoms with van der Waals surface area (Å²) >= 11 is 0. The molecule has 1 fully saturated rings. The van der Waals surface area contributed by atoms with Crippen LogP contribution in [0.3, 0.4) is 0 Å². The fourth-order valence-electron chi connectivity index (χ4n) is 2.84. The monoisotopic (exact) mass is 240 g/mol. The van der Waals surface area contributed by atoms with Gasteiger partial charge in [0, 0.05) is 25.7 Å². The first-order chi connectivity index (χ1) is 7.95. The zero-order valence-electron chi connectivity index (χ0n) is 12.6. The Morgan fingerprint density at radius 3 is 2.47 bits per heavy atom. The van der Waals surface area contributed by atoms with Crippen LogP contribution in [0.5, 0.6) is 0 Å². The van der Waals surface area contributed by atoms with E-state index in [0.717, 1.165) is 12.0 Å². The zero-order chi connectivity index (χ0) is 12.9. The topological polar surface area (TPSA) is 15.3 Å².